The monoisotopic (exact) mass is 426 g/mol. The summed E-state index contributed by atoms with van der Waals surface area (Å²) in [6.45, 7) is 3.59. The number of aliphatic hydroxyl groups excluding tert-OH is 1. The maximum atomic E-state index is 14.7. The highest BCUT2D eigenvalue weighted by Gasteiger charge is 2.49. The summed E-state index contributed by atoms with van der Waals surface area (Å²) in [4.78, 5) is 32.2. The molecule has 0 radical (unpaired) electrons. The SMILES string of the molecule is Cc1nc(N2C(=O)C(=O)C(=C(O)c3ccc(F)cc3)[C@@H]2c2ccccc2F)sc1C. The number of hydrogen-bond acceptors (Lipinski definition) is 5. The molecule has 1 N–H and O–H groups in total. The number of Topliss-reactive ketones (excluding diaryl/α,β-unsaturated/α-hetero) is 1. The summed E-state index contributed by atoms with van der Waals surface area (Å²) in [5.41, 5.74) is 0.595. The number of benzene rings is 2. The molecule has 4 rings (SSSR count). The summed E-state index contributed by atoms with van der Waals surface area (Å²) in [6.07, 6.45) is 0. The zero-order valence-electron chi connectivity index (χ0n) is 16.0. The van der Waals surface area contributed by atoms with E-state index in [1.807, 2.05) is 6.92 Å². The van der Waals surface area contributed by atoms with Crippen LogP contribution >= 0.6 is 11.3 Å². The van der Waals surface area contributed by atoms with Crippen molar-refractivity contribution in [2.24, 2.45) is 0 Å². The largest absolute Gasteiger partial charge is 0.507 e. The maximum Gasteiger partial charge on any atom is 0.301 e. The van der Waals surface area contributed by atoms with Gasteiger partial charge in [0.2, 0.25) is 0 Å². The molecule has 1 saturated heterocycles. The number of thiazole rings is 1. The average molecular weight is 426 g/mol. The number of ketones is 1. The number of carbonyl (C=O) groups is 2. The molecule has 8 heteroatoms. The molecular formula is C22H16F2N2O3S. The number of nitrogens with zero attached hydrogens (tertiary/aromatic N) is 2. The lowest BCUT2D eigenvalue weighted by Crippen LogP contribution is -2.29. The van der Waals surface area contributed by atoms with Crippen LogP contribution in [0.2, 0.25) is 0 Å². The molecule has 0 unspecified atom stereocenters. The van der Waals surface area contributed by atoms with Crippen molar-refractivity contribution in [3.63, 3.8) is 0 Å². The van der Waals surface area contributed by atoms with Crippen molar-refractivity contribution in [3.05, 3.63) is 87.4 Å². The van der Waals surface area contributed by atoms with Gasteiger partial charge < -0.3 is 5.11 Å². The summed E-state index contributed by atoms with van der Waals surface area (Å²) < 4.78 is 28.0. The first-order chi connectivity index (χ1) is 14.3. The van der Waals surface area contributed by atoms with Crippen molar-refractivity contribution >= 4 is 33.9 Å². The first-order valence-corrected chi connectivity index (χ1v) is 9.86. The van der Waals surface area contributed by atoms with Gasteiger partial charge in [0.25, 0.3) is 5.78 Å². The van der Waals surface area contributed by atoms with E-state index < -0.39 is 35.1 Å². The smallest absolute Gasteiger partial charge is 0.301 e. The Kier molecular flexibility index (Phi) is 4.95. The van der Waals surface area contributed by atoms with Crippen LogP contribution in [0.5, 0.6) is 0 Å². The topological polar surface area (TPSA) is 70.5 Å². The average Bonchev–Trinajstić information content (AvgIpc) is 3.18. The molecular weight excluding hydrogens is 410 g/mol. The third kappa shape index (κ3) is 3.19. The Balaban J connectivity index is 1.97. The fourth-order valence-electron chi connectivity index (χ4n) is 3.34. The fraction of sp³-hybridized carbons (Fsp3) is 0.136. The number of carbonyl (C=O) groups excluding carboxylic acids is 2. The Hall–Kier alpha value is -3.39. The lowest BCUT2D eigenvalue weighted by molar-refractivity contribution is -0.132. The van der Waals surface area contributed by atoms with E-state index in [1.165, 1.54) is 41.7 Å². The van der Waals surface area contributed by atoms with E-state index in [-0.39, 0.29) is 21.8 Å². The number of amides is 1. The van der Waals surface area contributed by atoms with E-state index >= 15 is 0 Å². The van der Waals surface area contributed by atoms with Crippen molar-refractivity contribution in [1.82, 2.24) is 4.98 Å². The number of aliphatic hydroxyl groups is 1. The van der Waals surface area contributed by atoms with E-state index in [4.69, 9.17) is 0 Å². The lowest BCUT2D eigenvalue weighted by atomic mass is 9.95. The van der Waals surface area contributed by atoms with Crippen LogP contribution in [-0.4, -0.2) is 21.8 Å². The van der Waals surface area contributed by atoms with E-state index in [1.54, 1.807) is 13.0 Å². The highest BCUT2D eigenvalue weighted by Crippen LogP contribution is 2.44. The van der Waals surface area contributed by atoms with E-state index in [0.29, 0.717) is 5.69 Å². The standard InChI is InChI=1S/C22H16F2N2O3S/c1-11-12(2)30-22(25-11)26-18(15-5-3-4-6-16(15)24)17(20(28)21(26)29)19(27)13-7-9-14(23)10-8-13/h3-10,18,27H,1-2H3/t18-/m0/s1. The van der Waals surface area contributed by atoms with Crippen LogP contribution in [0.25, 0.3) is 5.76 Å². The third-order valence-electron chi connectivity index (χ3n) is 4.99. The maximum absolute atomic E-state index is 14.7. The fourth-order valence-corrected chi connectivity index (χ4v) is 4.28. The lowest BCUT2D eigenvalue weighted by Gasteiger charge is -2.23. The van der Waals surface area contributed by atoms with Gasteiger partial charge in [-0.25, -0.2) is 13.8 Å². The number of aryl methyl sites for hydroxylation is 2. The molecule has 30 heavy (non-hydrogen) atoms. The second kappa shape index (κ2) is 7.46. The van der Waals surface area contributed by atoms with Crippen LogP contribution in [0.15, 0.2) is 54.1 Å². The minimum Gasteiger partial charge on any atom is -0.507 e. The molecule has 0 bridgehead atoms. The van der Waals surface area contributed by atoms with Crippen molar-refractivity contribution in [2.75, 3.05) is 4.90 Å². The molecule has 3 aromatic rings. The summed E-state index contributed by atoms with van der Waals surface area (Å²) in [6, 6.07) is 9.34. The first-order valence-electron chi connectivity index (χ1n) is 9.05. The van der Waals surface area contributed by atoms with Gasteiger partial charge in [-0.3, -0.25) is 14.5 Å². The molecule has 2 heterocycles. The Morgan fingerprint density at radius 3 is 2.33 bits per heavy atom. The molecule has 0 spiro atoms. The minimum atomic E-state index is -1.21. The predicted octanol–water partition coefficient (Wildman–Crippen LogP) is 4.66. The molecule has 1 amide bonds. The van der Waals surface area contributed by atoms with E-state index in [9.17, 15) is 23.5 Å². The summed E-state index contributed by atoms with van der Waals surface area (Å²) in [5.74, 6) is -3.54. The van der Waals surface area contributed by atoms with Crippen molar-refractivity contribution < 1.29 is 23.5 Å². The molecule has 1 fully saturated rings. The van der Waals surface area contributed by atoms with Crippen LogP contribution in [0, 0.1) is 25.5 Å². The van der Waals surface area contributed by atoms with Gasteiger partial charge in [0.15, 0.2) is 5.13 Å². The number of rotatable bonds is 3. The molecule has 0 aliphatic carbocycles. The van der Waals surface area contributed by atoms with Crippen LogP contribution in [-0.2, 0) is 9.59 Å². The number of halogens is 2. The molecule has 2 aromatic carbocycles. The molecule has 1 aliphatic heterocycles. The summed E-state index contributed by atoms with van der Waals surface area (Å²) >= 11 is 1.20. The normalized spacial score (nSPS) is 18.3. The number of aromatic nitrogens is 1. The molecule has 5 nitrogen and oxygen atoms in total. The molecule has 152 valence electrons. The van der Waals surface area contributed by atoms with Gasteiger partial charge in [-0.05, 0) is 44.2 Å². The Morgan fingerprint density at radius 1 is 1.07 bits per heavy atom. The highest BCUT2D eigenvalue weighted by molar-refractivity contribution is 7.16. The van der Waals surface area contributed by atoms with E-state index in [2.05, 4.69) is 4.98 Å². The van der Waals surface area contributed by atoms with Gasteiger partial charge in [0, 0.05) is 16.0 Å². The summed E-state index contributed by atoms with van der Waals surface area (Å²) in [7, 11) is 0. The van der Waals surface area contributed by atoms with Crippen LogP contribution in [0.1, 0.15) is 27.7 Å². The predicted molar refractivity (Wildman–Crippen MR) is 109 cm³/mol. The molecule has 0 saturated carbocycles. The molecule has 1 atom stereocenters. The zero-order chi connectivity index (χ0) is 21.6. The minimum absolute atomic E-state index is 0.0471. The Bertz CT molecular complexity index is 1180. The van der Waals surface area contributed by atoms with Crippen LogP contribution in [0.4, 0.5) is 13.9 Å². The number of hydrogen-bond donors (Lipinski definition) is 1. The van der Waals surface area contributed by atoms with Crippen molar-refractivity contribution in [1.29, 1.82) is 0 Å². The van der Waals surface area contributed by atoms with Gasteiger partial charge in [0.1, 0.15) is 23.4 Å². The molecule has 1 aliphatic rings. The van der Waals surface area contributed by atoms with Crippen LogP contribution in [0.3, 0.4) is 0 Å². The van der Waals surface area contributed by atoms with Gasteiger partial charge in [-0.1, -0.05) is 18.2 Å². The number of anilines is 1. The quantitative estimate of drug-likeness (QED) is 0.376. The Labute approximate surface area is 174 Å². The molecule has 1 aromatic heterocycles. The second-order valence-electron chi connectivity index (χ2n) is 6.84. The van der Waals surface area contributed by atoms with Crippen molar-refractivity contribution in [3.8, 4) is 0 Å². The van der Waals surface area contributed by atoms with Crippen molar-refractivity contribution in [2.45, 2.75) is 19.9 Å². The first kappa shape index (κ1) is 19.9. The highest BCUT2D eigenvalue weighted by atomic mass is 32.1. The Morgan fingerprint density at radius 2 is 1.73 bits per heavy atom. The summed E-state index contributed by atoms with van der Waals surface area (Å²) in [5, 5.41) is 11.1. The van der Waals surface area contributed by atoms with Gasteiger partial charge in [0.05, 0.1) is 11.3 Å². The van der Waals surface area contributed by atoms with E-state index in [0.717, 1.165) is 21.9 Å². The third-order valence-corrected chi connectivity index (χ3v) is 6.06. The van der Waals surface area contributed by atoms with Gasteiger partial charge in [-0.15, -0.1) is 11.3 Å². The van der Waals surface area contributed by atoms with Gasteiger partial charge >= 0.3 is 5.91 Å². The van der Waals surface area contributed by atoms with Crippen LogP contribution < -0.4 is 4.90 Å². The zero-order valence-corrected chi connectivity index (χ0v) is 16.8. The van der Waals surface area contributed by atoms with Gasteiger partial charge in [-0.2, -0.15) is 0 Å². The second-order valence-corrected chi connectivity index (χ2v) is 8.02.